The summed E-state index contributed by atoms with van der Waals surface area (Å²) in [7, 11) is 0. The number of halogens is 2. The van der Waals surface area contributed by atoms with E-state index in [9.17, 15) is 4.79 Å². The molecule has 0 aliphatic rings. The summed E-state index contributed by atoms with van der Waals surface area (Å²) in [6.45, 7) is 0. The minimum Gasteiger partial charge on any atom is -0.324 e. The number of aromatic nitrogens is 4. The minimum atomic E-state index is -0.230. The van der Waals surface area contributed by atoms with E-state index in [4.69, 9.17) is 23.2 Å². The summed E-state index contributed by atoms with van der Waals surface area (Å²) in [5.74, 6) is 0.490. The zero-order chi connectivity index (χ0) is 20.9. The van der Waals surface area contributed by atoms with Gasteiger partial charge in [0.1, 0.15) is 5.69 Å². The average Bonchev–Trinajstić information content (AvgIpc) is 3.20. The van der Waals surface area contributed by atoms with E-state index >= 15 is 0 Å². The van der Waals surface area contributed by atoms with Crippen LogP contribution in [0.15, 0.2) is 78.1 Å². The maximum atomic E-state index is 12.5. The summed E-state index contributed by atoms with van der Waals surface area (Å²) < 4.78 is 1.88. The van der Waals surface area contributed by atoms with Gasteiger partial charge >= 0.3 is 0 Å². The molecule has 0 spiro atoms. The van der Waals surface area contributed by atoms with E-state index in [1.165, 1.54) is 11.8 Å². The second-order valence-electron chi connectivity index (χ2n) is 6.15. The van der Waals surface area contributed by atoms with Crippen LogP contribution in [0.3, 0.4) is 0 Å². The highest BCUT2D eigenvalue weighted by Gasteiger charge is 2.18. The highest BCUT2D eigenvalue weighted by atomic mass is 35.5. The van der Waals surface area contributed by atoms with Crippen LogP contribution < -0.4 is 5.32 Å². The largest absolute Gasteiger partial charge is 0.324 e. The van der Waals surface area contributed by atoms with Gasteiger partial charge in [0.15, 0.2) is 11.0 Å². The van der Waals surface area contributed by atoms with Gasteiger partial charge < -0.3 is 5.32 Å². The van der Waals surface area contributed by atoms with Crippen molar-refractivity contribution < 1.29 is 4.79 Å². The zero-order valence-corrected chi connectivity index (χ0v) is 17.8. The van der Waals surface area contributed by atoms with Gasteiger partial charge in [-0.15, -0.1) is 10.2 Å². The van der Waals surface area contributed by atoms with E-state index in [-0.39, 0.29) is 11.7 Å². The Morgan fingerprint density at radius 1 is 1.00 bits per heavy atom. The van der Waals surface area contributed by atoms with Crippen LogP contribution in [0.5, 0.6) is 0 Å². The number of hydrogen-bond acceptors (Lipinski definition) is 5. The van der Waals surface area contributed by atoms with Crippen LogP contribution in [0.4, 0.5) is 5.69 Å². The number of hydrogen-bond donors (Lipinski definition) is 1. The van der Waals surface area contributed by atoms with Crippen molar-refractivity contribution in [3.63, 3.8) is 0 Å². The van der Waals surface area contributed by atoms with E-state index < -0.39 is 0 Å². The van der Waals surface area contributed by atoms with Crippen molar-refractivity contribution in [3.8, 4) is 17.2 Å². The lowest BCUT2D eigenvalue weighted by atomic mass is 10.3. The smallest absolute Gasteiger partial charge is 0.234 e. The van der Waals surface area contributed by atoms with Crippen LogP contribution in [0.25, 0.3) is 17.2 Å². The molecule has 4 aromatic rings. The van der Waals surface area contributed by atoms with Gasteiger partial charge in [0.25, 0.3) is 0 Å². The molecular formula is C21H15Cl2N5OS. The van der Waals surface area contributed by atoms with Gasteiger partial charge in [-0.2, -0.15) is 0 Å². The van der Waals surface area contributed by atoms with Gasteiger partial charge in [0.2, 0.25) is 5.91 Å². The number of carbonyl (C=O) groups is 1. The molecule has 9 heteroatoms. The monoisotopic (exact) mass is 455 g/mol. The molecule has 2 heterocycles. The van der Waals surface area contributed by atoms with Gasteiger partial charge in [0.05, 0.1) is 16.5 Å². The lowest BCUT2D eigenvalue weighted by molar-refractivity contribution is -0.113. The highest BCUT2D eigenvalue weighted by Crippen LogP contribution is 2.28. The van der Waals surface area contributed by atoms with E-state index in [0.717, 1.165) is 5.69 Å². The second kappa shape index (κ2) is 9.30. The standard InChI is InChI=1S/C21H15Cl2N5OS/c22-14-9-10-16(23)18(12-14)25-19(29)13-30-21-27-26-20(17-8-4-5-11-24-17)28(21)15-6-2-1-3-7-15/h1-12H,13H2,(H,25,29). The molecule has 0 atom stereocenters. The molecule has 0 unspecified atom stereocenters. The minimum absolute atomic E-state index is 0.121. The highest BCUT2D eigenvalue weighted by molar-refractivity contribution is 7.99. The molecular weight excluding hydrogens is 441 g/mol. The lowest BCUT2D eigenvalue weighted by Gasteiger charge is -2.10. The zero-order valence-electron chi connectivity index (χ0n) is 15.5. The van der Waals surface area contributed by atoms with E-state index in [0.29, 0.717) is 32.4 Å². The summed E-state index contributed by atoms with van der Waals surface area (Å²) in [4.78, 5) is 16.8. The normalized spacial score (nSPS) is 10.7. The van der Waals surface area contributed by atoms with Gasteiger partial charge in [-0.25, -0.2) is 0 Å². The Labute approximate surface area is 187 Å². The van der Waals surface area contributed by atoms with Gasteiger partial charge in [-0.05, 0) is 42.5 Å². The Kier molecular flexibility index (Phi) is 6.32. The third kappa shape index (κ3) is 4.64. The molecule has 1 N–H and O–H groups in total. The number of amides is 1. The van der Waals surface area contributed by atoms with Crippen molar-refractivity contribution in [3.05, 3.63) is 83.0 Å². The molecule has 0 bridgehead atoms. The van der Waals surface area contributed by atoms with E-state index in [1.54, 1.807) is 24.4 Å². The van der Waals surface area contributed by atoms with Crippen LogP contribution in [-0.2, 0) is 4.79 Å². The summed E-state index contributed by atoms with van der Waals surface area (Å²) in [5.41, 5.74) is 2.04. The Bertz CT molecular complexity index is 1170. The fraction of sp³-hybridized carbons (Fsp3) is 0.0476. The molecule has 0 saturated heterocycles. The first-order chi connectivity index (χ1) is 14.6. The first-order valence-electron chi connectivity index (χ1n) is 8.92. The Morgan fingerprint density at radius 2 is 1.80 bits per heavy atom. The number of pyridine rings is 1. The molecule has 0 aliphatic heterocycles. The number of carbonyl (C=O) groups excluding carboxylic acids is 1. The summed E-state index contributed by atoms with van der Waals surface area (Å²) in [6, 6.07) is 20.2. The van der Waals surface area contributed by atoms with Crippen LogP contribution in [0.1, 0.15) is 0 Å². The SMILES string of the molecule is O=C(CSc1nnc(-c2ccccn2)n1-c1ccccc1)Nc1cc(Cl)ccc1Cl. The van der Waals surface area contributed by atoms with Gasteiger partial charge in [-0.3, -0.25) is 14.3 Å². The molecule has 2 aromatic carbocycles. The molecule has 0 radical (unpaired) electrons. The van der Waals surface area contributed by atoms with Crippen LogP contribution in [0.2, 0.25) is 10.0 Å². The first kappa shape index (κ1) is 20.4. The van der Waals surface area contributed by atoms with Crippen molar-refractivity contribution in [2.45, 2.75) is 5.16 Å². The molecule has 2 aromatic heterocycles. The Balaban J connectivity index is 1.58. The van der Waals surface area contributed by atoms with E-state index in [2.05, 4.69) is 20.5 Å². The predicted molar refractivity (Wildman–Crippen MR) is 120 cm³/mol. The quantitative estimate of drug-likeness (QED) is 0.395. The van der Waals surface area contributed by atoms with Crippen LogP contribution in [0, 0.1) is 0 Å². The van der Waals surface area contributed by atoms with Crippen molar-refractivity contribution in [2.24, 2.45) is 0 Å². The lowest BCUT2D eigenvalue weighted by Crippen LogP contribution is -2.15. The summed E-state index contributed by atoms with van der Waals surface area (Å²) in [5, 5.41) is 12.9. The summed E-state index contributed by atoms with van der Waals surface area (Å²) >= 11 is 13.4. The third-order valence-corrected chi connectivity index (χ3v) is 5.57. The number of anilines is 1. The van der Waals surface area contributed by atoms with Crippen LogP contribution in [-0.4, -0.2) is 31.4 Å². The van der Waals surface area contributed by atoms with Crippen molar-refractivity contribution >= 4 is 46.6 Å². The summed E-state index contributed by atoms with van der Waals surface area (Å²) in [6.07, 6.45) is 1.70. The van der Waals surface area contributed by atoms with Gasteiger partial charge in [-0.1, -0.05) is 59.2 Å². The van der Waals surface area contributed by atoms with Gasteiger partial charge in [0, 0.05) is 16.9 Å². The molecule has 30 heavy (non-hydrogen) atoms. The molecule has 1 amide bonds. The number of thioether (sulfide) groups is 1. The second-order valence-corrected chi connectivity index (χ2v) is 7.94. The molecule has 150 valence electrons. The number of benzene rings is 2. The predicted octanol–water partition coefficient (Wildman–Crippen LogP) is 5.37. The topological polar surface area (TPSA) is 72.7 Å². The van der Waals surface area contributed by atoms with E-state index in [1.807, 2.05) is 53.1 Å². The maximum Gasteiger partial charge on any atom is 0.234 e. The molecule has 0 fully saturated rings. The third-order valence-electron chi connectivity index (χ3n) is 4.08. The molecule has 0 aliphatic carbocycles. The Hall–Kier alpha value is -2.87. The van der Waals surface area contributed by atoms with Crippen molar-refractivity contribution in [1.82, 2.24) is 19.7 Å². The number of nitrogens with zero attached hydrogens (tertiary/aromatic N) is 4. The fourth-order valence-corrected chi connectivity index (χ4v) is 3.83. The van der Waals surface area contributed by atoms with Crippen molar-refractivity contribution in [2.75, 3.05) is 11.1 Å². The average molecular weight is 456 g/mol. The Morgan fingerprint density at radius 3 is 2.57 bits per heavy atom. The molecule has 6 nitrogen and oxygen atoms in total. The fourth-order valence-electron chi connectivity index (χ4n) is 2.74. The molecule has 4 rings (SSSR count). The van der Waals surface area contributed by atoms with Crippen molar-refractivity contribution in [1.29, 1.82) is 0 Å². The number of para-hydroxylation sites is 1. The maximum absolute atomic E-state index is 12.5. The number of nitrogens with one attached hydrogen (secondary N) is 1. The first-order valence-corrected chi connectivity index (χ1v) is 10.7. The molecule has 0 saturated carbocycles. The van der Waals surface area contributed by atoms with Crippen LogP contribution >= 0.6 is 35.0 Å². The number of rotatable bonds is 6.